The second-order valence-electron chi connectivity index (χ2n) is 5.19. The van der Waals surface area contributed by atoms with E-state index in [-0.39, 0.29) is 5.84 Å². The molecule has 2 rings (SSSR count). The molecule has 0 atom stereocenters. The Morgan fingerprint density at radius 3 is 2.44 bits per heavy atom. The van der Waals surface area contributed by atoms with Crippen LogP contribution in [-0.4, -0.2) is 29.1 Å². The molecule has 0 spiro atoms. The minimum atomic E-state index is 0.0825. The Kier molecular flexibility index (Phi) is 3.50. The smallest absolute Gasteiger partial charge is 0.162 e. The van der Waals surface area contributed by atoms with E-state index in [0.717, 1.165) is 54.5 Å². The highest BCUT2D eigenvalue weighted by molar-refractivity contribution is 6.01. The summed E-state index contributed by atoms with van der Waals surface area (Å²) in [5.41, 5.74) is 8.26. The minimum absolute atomic E-state index is 0.0825. The highest BCUT2D eigenvalue weighted by atomic mass is 15.3. The van der Waals surface area contributed by atoms with Gasteiger partial charge in [0.25, 0.3) is 0 Å². The number of rotatable bonds is 2. The monoisotopic (exact) mass is 247 g/mol. The Morgan fingerprint density at radius 1 is 1.28 bits per heavy atom. The highest BCUT2D eigenvalue weighted by Crippen LogP contribution is 2.26. The normalized spacial score (nSPS) is 16.9. The van der Waals surface area contributed by atoms with Gasteiger partial charge < -0.3 is 10.6 Å². The maximum atomic E-state index is 7.76. The first kappa shape index (κ1) is 12.8. The van der Waals surface area contributed by atoms with Crippen molar-refractivity contribution >= 4 is 11.7 Å². The van der Waals surface area contributed by atoms with E-state index in [1.165, 1.54) is 0 Å². The van der Waals surface area contributed by atoms with Gasteiger partial charge in [0.1, 0.15) is 5.84 Å². The molecular formula is C13H21N5. The lowest BCUT2D eigenvalue weighted by Gasteiger charge is -2.32. The molecule has 0 aromatic carbocycles. The van der Waals surface area contributed by atoms with Crippen LogP contribution in [0.2, 0.25) is 0 Å². The van der Waals surface area contributed by atoms with Crippen molar-refractivity contribution < 1.29 is 0 Å². The molecule has 18 heavy (non-hydrogen) atoms. The number of nitrogen functional groups attached to an aromatic ring is 1. The fourth-order valence-corrected chi connectivity index (χ4v) is 2.36. The molecule has 0 radical (unpaired) electrons. The molecule has 1 aromatic rings. The molecule has 1 aliphatic heterocycles. The van der Waals surface area contributed by atoms with Crippen LogP contribution in [0, 0.1) is 25.2 Å². The number of piperidine rings is 1. The average Bonchev–Trinajstić information content (AvgIpc) is 2.33. The number of aryl methyl sites for hydroxylation is 1. The van der Waals surface area contributed by atoms with E-state index in [0.29, 0.717) is 0 Å². The Bertz CT molecular complexity index is 461. The Hall–Kier alpha value is -1.65. The molecule has 0 unspecified atom stereocenters. The summed E-state index contributed by atoms with van der Waals surface area (Å²) in [4.78, 5) is 2.20. The van der Waals surface area contributed by atoms with E-state index in [2.05, 4.69) is 22.0 Å². The van der Waals surface area contributed by atoms with Gasteiger partial charge in [-0.15, -0.1) is 5.10 Å². The average molecular weight is 247 g/mol. The van der Waals surface area contributed by atoms with E-state index < -0.39 is 0 Å². The lowest BCUT2D eigenvalue weighted by atomic mass is 9.98. The van der Waals surface area contributed by atoms with Gasteiger partial charge in [0, 0.05) is 13.1 Å². The SMILES string of the molecule is Cc1nnc(N2CCC(C)CC2)c(C(=N)N)c1C. The van der Waals surface area contributed by atoms with Crippen LogP contribution in [0.3, 0.4) is 0 Å². The molecule has 0 amide bonds. The third-order valence-corrected chi connectivity index (χ3v) is 3.79. The summed E-state index contributed by atoms with van der Waals surface area (Å²) in [5, 5.41) is 16.2. The van der Waals surface area contributed by atoms with Gasteiger partial charge in [-0.05, 0) is 38.2 Å². The minimum Gasteiger partial charge on any atom is -0.384 e. The Morgan fingerprint density at radius 2 is 1.89 bits per heavy atom. The Labute approximate surface area is 108 Å². The second-order valence-corrected chi connectivity index (χ2v) is 5.19. The van der Waals surface area contributed by atoms with Crippen molar-refractivity contribution in [2.75, 3.05) is 18.0 Å². The summed E-state index contributed by atoms with van der Waals surface area (Å²) in [6, 6.07) is 0. The highest BCUT2D eigenvalue weighted by Gasteiger charge is 2.22. The van der Waals surface area contributed by atoms with Crippen LogP contribution in [0.1, 0.15) is 36.6 Å². The standard InChI is InChI=1S/C13H21N5/c1-8-4-6-18(7-5-8)13-11(12(14)15)9(2)10(3)16-17-13/h8H,4-7H2,1-3H3,(H3,14,15). The summed E-state index contributed by atoms with van der Waals surface area (Å²) in [5.74, 6) is 1.62. The van der Waals surface area contributed by atoms with Crippen molar-refractivity contribution in [1.82, 2.24) is 10.2 Å². The van der Waals surface area contributed by atoms with E-state index in [1.807, 2.05) is 13.8 Å². The summed E-state index contributed by atoms with van der Waals surface area (Å²) < 4.78 is 0. The number of nitrogens with zero attached hydrogens (tertiary/aromatic N) is 3. The molecule has 1 aromatic heterocycles. The molecule has 1 saturated heterocycles. The van der Waals surface area contributed by atoms with E-state index in [4.69, 9.17) is 11.1 Å². The molecule has 1 aliphatic rings. The van der Waals surface area contributed by atoms with Gasteiger partial charge in [-0.25, -0.2) is 0 Å². The van der Waals surface area contributed by atoms with Crippen LogP contribution in [0.5, 0.6) is 0 Å². The fourth-order valence-electron chi connectivity index (χ4n) is 2.36. The number of hydrogen-bond donors (Lipinski definition) is 2. The largest absolute Gasteiger partial charge is 0.384 e. The predicted molar refractivity (Wildman–Crippen MR) is 73.1 cm³/mol. The van der Waals surface area contributed by atoms with Gasteiger partial charge in [0.05, 0.1) is 11.3 Å². The molecule has 5 heteroatoms. The number of amidine groups is 1. The van der Waals surface area contributed by atoms with Crippen molar-refractivity contribution in [1.29, 1.82) is 5.41 Å². The van der Waals surface area contributed by atoms with Crippen LogP contribution in [0.15, 0.2) is 0 Å². The predicted octanol–water partition coefficient (Wildman–Crippen LogP) is 1.61. The van der Waals surface area contributed by atoms with Gasteiger partial charge in [-0.2, -0.15) is 5.10 Å². The summed E-state index contributed by atoms with van der Waals surface area (Å²) in [7, 11) is 0. The number of nitrogens with two attached hydrogens (primary N) is 1. The maximum absolute atomic E-state index is 7.76. The summed E-state index contributed by atoms with van der Waals surface area (Å²) in [6.45, 7) is 8.07. The number of anilines is 1. The zero-order valence-corrected chi connectivity index (χ0v) is 11.3. The van der Waals surface area contributed by atoms with E-state index in [1.54, 1.807) is 0 Å². The van der Waals surface area contributed by atoms with Gasteiger partial charge in [0.15, 0.2) is 5.82 Å². The zero-order valence-electron chi connectivity index (χ0n) is 11.3. The summed E-state index contributed by atoms with van der Waals surface area (Å²) >= 11 is 0. The first-order valence-electron chi connectivity index (χ1n) is 6.44. The van der Waals surface area contributed by atoms with Gasteiger partial charge >= 0.3 is 0 Å². The molecule has 0 saturated carbocycles. The van der Waals surface area contributed by atoms with E-state index in [9.17, 15) is 0 Å². The van der Waals surface area contributed by atoms with E-state index >= 15 is 0 Å². The number of nitrogens with one attached hydrogen (secondary N) is 1. The second kappa shape index (κ2) is 4.92. The number of hydrogen-bond acceptors (Lipinski definition) is 4. The molecule has 1 fully saturated rings. The molecular weight excluding hydrogens is 226 g/mol. The molecule has 98 valence electrons. The quantitative estimate of drug-likeness (QED) is 0.614. The number of aromatic nitrogens is 2. The third kappa shape index (κ3) is 2.30. The van der Waals surface area contributed by atoms with Crippen molar-refractivity contribution in [3.63, 3.8) is 0 Å². The lowest BCUT2D eigenvalue weighted by Crippen LogP contribution is -2.35. The van der Waals surface area contributed by atoms with Crippen molar-refractivity contribution in [2.45, 2.75) is 33.6 Å². The van der Waals surface area contributed by atoms with Crippen LogP contribution >= 0.6 is 0 Å². The third-order valence-electron chi connectivity index (χ3n) is 3.79. The van der Waals surface area contributed by atoms with Crippen LogP contribution in [0.25, 0.3) is 0 Å². The van der Waals surface area contributed by atoms with Crippen LogP contribution in [-0.2, 0) is 0 Å². The molecule has 2 heterocycles. The molecule has 0 aliphatic carbocycles. The molecule has 3 N–H and O–H groups in total. The van der Waals surface area contributed by atoms with Crippen molar-refractivity contribution in [2.24, 2.45) is 11.7 Å². The Balaban J connectivity index is 2.38. The van der Waals surface area contributed by atoms with Crippen molar-refractivity contribution in [3.8, 4) is 0 Å². The van der Waals surface area contributed by atoms with Crippen LogP contribution < -0.4 is 10.6 Å². The van der Waals surface area contributed by atoms with Gasteiger partial charge in [0.2, 0.25) is 0 Å². The fraction of sp³-hybridized carbons (Fsp3) is 0.615. The van der Waals surface area contributed by atoms with Crippen molar-refractivity contribution in [3.05, 3.63) is 16.8 Å². The zero-order chi connectivity index (χ0) is 13.3. The first-order chi connectivity index (χ1) is 8.50. The lowest BCUT2D eigenvalue weighted by molar-refractivity contribution is 0.435. The first-order valence-corrected chi connectivity index (χ1v) is 6.44. The van der Waals surface area contributed by atoms with Gasteiger partial charge in [-0.3, -0.25) is 5.41 Å². The molecule has 0 bridgehead atoms. The summed E-state index contributed by atoms with van der Waals surface area (Å²) in [6.07, 6.45) is 2.32. The topological polar surface area (TPSA) is 78.9 Å². The van der Waals surface area contributed by atoms with Crippen LogP contribution in [0.4, 0.5) is 5.82 Å². The molecule has 5 nitrogen and oxygen atoms in total. The maximum Gasteiger partial charge on any atom is 0.162 e. The van der Waals surface area contributed by atoms with Gasteiger partial charge in [-0.1, -0.05) is 6.92 Å².